The minimum atomic E-state index is -1.42. The average molecular weight is 396 g/mol. The first-order chi connectivity index (χ1) is 13.2. The molecule has 28 heavy (non-hydrogen) atoms. The van der Waals surface area contributed by atoms with Crippen LogP contribution in [0, 0.1) is 5.41 Å². The lowest BCUT2D eigenvalue weighted by molar-refractivity contribution is -0.166. The first-order valence-corrected chi connectivity index (χ1v) is 8.75. The quantitative estimate of drug-likeness (QED) is 0.581. The van der Waals surface area contributed by atoms with E-state index in [2.05, 4.69) is 0 Å². The van der Waals surface area contributed by atoms with Crippen molar-refractivity contribution in [2.75, 3.05) is 40.8 Å². The molecule has 0 unspecified atom stereocenters. The summed E-state index contributed by atoms with van der Waals surface area (Å²) in [6.07, 6.45) is -0.637. The second-order valence-corrected chi connectivity index (χ2v) is 6.95. The van der Waals surface area contributed by atoms with E-state index in [1.165, 1.54) is 0 Å². The standard InChI is InChI=1S/C18H26N2O5.CH2O2/c1-19(2)11-16(22)20-8-7-15(21)18(12-20,17(23)24)10-13-5-4-6-14(9-13)25-3;2-1-3/h4-6,9,15,21H,7-8,10-12H2,1-3H3,(H,23,24);1H,(H,2,3)/t15-,18+;/m0./s1. The highest BCUT2D eigenvalue weighted by molar-refractivity contribution is 5.81. The SMILES string of the molecule is COc1cccc(C[C@@]2(C(=O)O)CN(C(=O)CN(C)C)CC[C@@H]2O)c1.O=CO. The van der Waals surface area contributed by atoms with E-state index in [1.54, 1.807) is 55.3 Å². The smallest absolute Gasteiger partial charge is 0.314 e. The van der Waals surface area contributed by atoms with Gasteiger partial charge in [0, 0.05) is 13.1 Å². The molecule has 2 atom stereocenters. The van der Waals surface area contributed by atoms with Crippen LogP contribution in [0.1, 0.15) is 12.0 Å². The number of aliphatic hydroxyl groups is 1. The molecule has 3 N–H and O–H groups in total. The maximum absolute atomic E-state index is 12.4. The molecule has 156 valence electrons. The highest BCUT2D eigenvalue weighted by atomic mass is 16.5. The molecule has 1 saturated heterocycles. The van der Waals surface area contributed by atoms with Crippen LogP contribution in [0.2, 0.25) is 0 Å². The van der Waals surface area contributed by atoms with Gasteiger partial charge >= 0.3 is 5.97 Å². The van der Waals surface area contributed by atoms with Gasteiger partial charge in [-0.1, -0.05) is 12.1 Å². The van der Waals surface area contributed by atoms with Crippen LogP contribution < -0.4 is 4.74 Å². The van der Waals surface area contributed by atoms with Gasteiger partial charge in [0.1, 0.15) is 11.2 Å². The molecule has 0 aliphatic carbocycles. The number of ether oxygens (including phenoxy) is 1. The third-order valence-electron chi connectivity index (χ3n) is 4.67. The predicted octanol–water partition coefficient (Wildman–Crippen LogP) is 0.164. The Morgan fingerprint density at radius 2 is 2.04 bits per heavy atom. The fourth-order valence-corrected chi connectivity index (χ4v) is 3.27. The number of aliphatic carboxylic acids is 1. The Hall–Kier alpha value is -2.65. The number of hydrogen-bond acceptors (Lipinski definition) is 6. The second kappa shape index (κ2) is 10.6. The molecular weight excluding hydrogens is 368 g/mol. The molecule has 0 saturated carbocycles. The van der Waals surface area contributed by atoms with Crippen LogP contribution in [0.5, 0.6) is 5.75 Å². The Labute approximate surface area is 164 Å². The highest BCUT2D eigenvalue weighted by Crippen LogP contribution is 2.35. The lowest BCUT2D eigenvalue weighted by atomic mass is 9.72. The van der Waals surface area contributed by atoms with Gasteiger partial charge in [-0.05, 0) is 44.6 Å². The van der Waals surface area contributed by atoms with Crippen molar-refractivity contribution >= 4 is 18.3 Å². The Kier molecular flexibility index (Phi) is 8.87. The summed E-state index contributed by atoms with van der Waals surface area (Å²) in [5, 5.41) is 27.3. The topological polar surface area (TPSA) is 128 Å². The van der Waals surface area contributed by atoms with Crippen molar-refractivity contribution in [3.05, 3.63) is 29.8 Å². The van der Waals surface area contributed by atoms with Crippen molar-refractivity contribution in [2.24, 2.45) is 5.41 Å². The van der Waals surface area contributed by atoms with Crippen LogP contribution in [0.3, 0.4) is 0 Å². The van der Waals surface area contributed by atoms with Gasteiger partial charge in [0.25, 0.3) is 6.47 Å². The lowest BCUT2D eigenvalue weighted by Crippen LogP contribution is -2.59. The zero-order chi connectivity index (χ0) is 21.3. The number of nitrogens with zero attached hydrogens (tertiary/aromatic N) is 2. The number of likely N-dealkylation sites (tertiary alicyclic amines) is 1. The minimum absolute atomic E-state index is 0.00656. The number of likely N-dealkylation sites (N-methyl/N-ethyl adjacent to an activating group) is 1. The molecule has 0 bridgehead atoms. The van der Waals surface area contributed by atoms with E-state index in [4.69, 9.17) is 14.6 Å². The van der Waals surface area contributed by atoms with Gasteiger partial charge in [-0.2, -0.15) is 0 Å². The van der Waals surface area contributed by atoms with Crippen molar-refractivity contribution in [3.8, 4) is 5.75 Å². The zero-order valence-corrected chi connectivity index (χ0v) is 16.4. The van der Waals surface area contributed by atoms with Crippen molar-refractivity contribution in [1.82, 2.24) is 9.80 Å². The number of carboxylic acids is 1. The number of benzene rings is 1. The number of carboxylic acid groups (broad SMARTS) is 2. The predicted molar refractivity (Wildman–Crippen MR) is 101 cm³/mol. The number of carbonyl (C=O) groups excluding carboxylic acids is 1. The number of rotatable bonds is 6. The minimum Gasteiger partial charge on any atom is -0.497 e. The number of amides is 1. The Morgan fingerprint density at radius 3 is 2.57 bits per heavy atom. The van der Waals surface area contributed by atoms with Gasteiger partial charge in [-0.15, -0.1) is 0 Å². The second-order valence-electron chi connectivity index (χ2n) is 6.95. The van der Waals surface area contributed by atoms with Crippen LogP contribution in [-0.4, -0.2) is 90.4 Å². The summed E-state index contributed by atoms with van der Waals surface area (Å²) in [5.41, 5.74) is -0.672. The van der Waals surface area contributed by atoms with Gasteiger partial charge in [-0.25, -0.2) is 0 Å². The van der Waals surface area contributed by atoms with E-state index in [1.807, 2.05) is 0 Å². The summed E-state index contributed by atoms with van der Waals surface area (Å²) in [5.74, 6) is -0.595. The fraction of sp³-hybridized carbons (Fsp3) is 0.526. The molecule has 0 aromatic heterocycles. The van der Waals surface area contributed by atoms with Crippen LogP contribution in [0.15, 0.2) is 24.3 Å². The van der Waals surface area contributed by atoms with Gasteiger partial charge < -0.3 is 29.9 Å². The van der Waals surface area contributed by atoms with E-state index >= 15 is 0 Å². The molecule has 0 radical (unpaired) electrons. The summed E-state index contributed by atoms with van der Waals surface area (Å²) in [6.45, 7) is 0.319. The zero-order valence-electron chi connectivity index (χ0n) is 16.4. The van der Waals surface area contributed by atoms with Crippen molar-refractivity contribution in [1.29, 1.82) is 0 Å². The Balaban J connectivity index is 0.00000122. The molecule has 1 heterocycles. The summed E-state index contributed by atoms with van der Waals surface area (Å²) in [6, 6.07) is 7.13. The van der Waals surface area contributed by atoms with Crippen LogP contribution in [0.25, 0.3) is 0 Å². The maximum Gasteiger partial charge on any atom is 0.314 e. The lowest BCUT2D eigenvalue weighted by Gasteiger charge is -2.43. The summed E-state index contributed by atoms with van der Waals surface area (Å²) in [4.78, 5) is 36.1. The van der Waals surface area contributed by atoms with Crippen LogP contribution >= 0.6 is 0 Å². The molecule has 9 nitrogen and oxygen atoms in total. The first kappa shape index (κ1) is 23.4. The third-order valence-corrected chi connectivity index (χ3v) is 4.67. The molecule has 0 spiro atoms. The summed E-state index contributed by atoms with van der Waals surface area (Å²) in [7, 11) is 5.12. The van der Waals surface area contributed by atoms with Crippen LogP contribution in [0.4, 0.5) is 0 Å². The maximum atomic E-state index is 12.4. The van der Waals surface area contributed by atoms with E-state index in [-0.39, 0.29) is 38.3 Å². The van der Waals surface area contributed by atoms with E-state index in [9.17, 15) is 19.8 Å². The number of piperidine rings is 1. The molecule has 1 aliphatic rings. The molecule has 1 amide bonds. The molecule has 1 aromatic carbocycles. The van der Waals surface area contributed by atoms with Crippen molar-refractivity contribution < 1.29 is 34.4 Å². The molecule has 9 heteroatoms. The summed E-state index contributed by atoms with van der Waals surface area (Å²) >= 11 is 0. The first-order valence-electron chi connectivity index (χ1n) is 8.75. The number of hydrogen-bond donors (Lipinski definition) is 3. The van der Waals surface area contributed by atoms with E-state index in [0.717, 1.165) is 5.56 Å². The van der Waals surface area contributed by atoms with E-state index in [0.29, 0.717) is 12.3 Å². The van der Waals surface area contributed by atoms with Gasteiger partial charge in [-0.3, -0.25) is 14.4 Å². The van der Waals surface area contributed by atoms with Gasteiger partial charge in [0.15, 0.2) is 0 Å². The number of methoxy groups -OCH3 is 1. The van der Waals surface area contributed by atoms with E-state index < -0.39 is 17.5 Å². The molecular formula is C19H28N2O7. The molecule has 1 aliphatic heterocycles. The van der Waals surface area contributed by atoms with Crippen LogP contribution in [-0.2, 0) is 20.8 Å². The third kappa shape index (κ3) is 5.93. The molecule has 2 rings (SSSR count). The highest BCUT2D eigenvalue weighted by Gasteiger charge is 2.50. The van der Waals surface area contributed by atoms with Crippen molar-refractivity contribution in [2.45, 2.75) is 18.9 Å². The van der Waals surface area contributed by atoms with Gasteiger partial charge in [0.2, 0.25) is 5.91 Å². The van der Waals surface area contributed by atoms with Gasteiger partial charge in [0.05, 0.1) is 19.8 Å². The normalized spacial score (nSPS) is 21.5. The largest absolute Gasteiger partial charge is 0.497 e. The molecule has 1 aromatic rings. The fourth-order valence-electron chi connectivity index (χ4n) is 3.27. The number of aliphatic hydroxyl groups excluding tert-OH is 1. The Bertz CT molecular complexity index is 680. The average Bonchev–Trinajstić information content (AvgIpc) is 2.63. The monoisotopic (exact) mass is 396 g/mol. The van der Waals surface area contributed by atoms with Crippen molar-refractivity contribution in [3.63, 3.8) is 0 Å². The molecule has 1 fully saturated rings. The number of carbonyl (C=O) groups is 3. The Morgan fingerprint density at radius 1 is 1.39 bits per heavy atom. The summed E-state index contributed by atoms with van der Waals surface area (Å²) < 4.78 is 5.19.